The van der Waals surface area contributed by atoms with Crippen molar-refractivity contribution in [1.82, 2.24) is 4.90 Å². The Balaban J connectivity index is 4.04. The van der Waals surface area contributed by atoms with Crippen LogP contribution in [0.15, 0.2) is 0 Å². The standard InChI is InChI=1S/C4H6N2O3/c1-2-6(3(5)7)4(8)9/h1,4,8-9H,(H2,5,7). The van der Waals surface area contributed by atoms with Gasteiger partial charge < -0.3 is 15.9 Å². The highest BCUT2D eigenvalue weighted by Crippen LogP contribution is 1.86. The summed E-state index contributed by atoms with van der Waals surface area (Å²) in [5.41, 5.74) is 4.57. The third kappa shape index (κ3) is 1.99. The summed E-state index contributed by atoms with van der Waals surface area (Å²) < 4.78 is 0. The van der Waals surface area contributed by atoms with Crippen molar-refractivity contribution in [1.29, 1.82) is 0 Å². The molecule has 0 radical (unpaired) electrons. The van der Waals surface area contributed by atoms with E-state index in [1.165, 1.54) is 0 Å². The molecule has 0 aliphatic heterocycles. The van der Waals surface area contributed by atoms with Gasteiger partial charge in [0.1, 0.15) is 0 Å². The smallest absolute Gasteiger partial charge is 0.330 e. The van der Waals surface area contributed by atoms with Crippen LogP contribution >= 0.6 is 0 Å². The van der Waals surface area contributed by atoms with Gasteiger partial charge in [-0.2, -0.15) is 0 Å². The Hall–Kier alpha value is -1.25. The molecule has 0 aliphatic rings. The fourth-order valence-electron chi connectivity index (χ4n) is 0.244. The van der Waals surface area contributed by atoms with E-state index in [1.807, 2.05) is 0 Å². The second kappa shape index (κ2) is 2.91. The molecule has 0 heterocycles. The Bertz CT molecular complexity index is 148. The van der Waals surface area contributed by atoms with Crippen LogP contribution in [0.3, 0.4) is 0 Å². The number of terminal acetylenes is 1. The number of carbonyl (C=O) groups is 1. The first-order valence-corrected chi connectivity index (χ1v) is 2.00. The third-order valence-corrected chi connectivity index (χ3v) is 0.607. The molecule has 0 spiro atoms. The van der Waals surface area contributed by atoms with E-state index in [1.54, 1.807) is 6.04 Å². The fourth-order valence-corrected chi connectivity index (χ4v) is 0.244. The first kappa shape index (κ1) is 7.75. The zero-order valence-corrected chi connectivity index (χ0v) is 4.48. The Labute approximate surface area is 51.7 Å². The quantitative estimate of drug-likeness (QED) is 0.223. The molecule has 0 aromatic carbocycles. The topological polar surface area (TPSA) is 86.8 Å². The average molecular weight is 130 g/mol. The third-order valence-electron chi connectivity index (χ3n) is 0.607. The van der Waals surface area contributed by atoms with E-state index in [-0.39, 0.29) is 4.90 Å². The molecule has 5 heteroatoms. The fraction of sp³-hybridized carbons (Fsp3) is 0.250. The van der Waals surface area contributed by atoms with Crippen LogP contribution in [0.5, 0.6) is 0 Å². The lowest BCUT2D eigenvalue weighted by atomic mass is 10.7. The number of primary amides is 1. The predicted octanol–water partition coefficient (Wildman–Crippen LogP) is -1.77. The van der Waals surface area contributed by atoms with Crippen LogP contribution in [-0.4, -0.2) is 27.6 Å². The molecule has 0 rings (SSSR count). The van der Waals surface area contributed by atoms with Crippen LogP contribution in [0.2, 0.25) is 0 Å². The summed E-state index contributed by atoms with van der Waals surface area (Å²) in [4.78, 5) is 10.3. The zero-order chi connectivity index (χ0) is 7.44. The second-order valence-electron chi connectivity index (χ2n) is 1.18. The lowest BCUT2D eigenvalue weighted by molar-refractivity contribution is -0.109. The zero-order valence-electron chi connectivity index (χ0n) is 4.48. The summed E-state index contributed by atoms with van der Waals surface area (Å²) in [6, 6.07) is 0.583. The predicted molar refractivity (Wildman–Crippen MR) is 28.5 cm³/mol. The van der Waals surface area contributed by atoms with Gasteiger partial charge >= 0.3 is 6.03 Å². The van der Waals surface area contributed by atoms with E-state index in [0.717, 1.165) is 0 Å². The van der Waals surface area contributed by atoms with Gasteiger partial charge in [-0.15, -0.1) is 0 Å². The van der Waals surface area contributed by atoms with Crippen molar-refractivity contribution in [3.8, 4) is 12.5 Å². The minimum Gasteiger partial charge on any atom is -0.351 e. The van der Waals surface area contributed by atoms with Crippen molar-refractivity contribution >= 4 is 6.03 Å². The molecule has 0 aliphatic carbocycles. The summed E-state index contributed by atoms with van der Waals surface area (Å²) in [5.74, 6) is 0. The maximum atomic E-state index is 10.1. The molecule has 2 amide bonds. The van der Waals surface area contributed by atoms with Crippen molar-refractivity contribution in [2.45, 2.75) is 6.41 Å². The van der Waals surface area contributed by atoms with Gasteiger partial charge in [0.25, 0.3) is 6.41 Å². The van der Waals surface area contributed by atoms with Gasteiger partial charge in [-0.05, 0) is 0 Å². The number of hydrogen-bond donors (Lipinski definition) is 3. The minimum absolute atomic E-state index is 0.236. The van der Waals surface area contributed by atoms with Crippen LogP contribution in [0.4, 0.5) is 4.79 Å². The van der Waals surface area contributed by atoms with Crippen LogP contribution in [0.1, 0.15) is 0 Å². The number of hydrogen-bond acceptors (Lipinski definition) is 3. The van der Waals surface area contributed by atoms with E-state index in [2.05, 4.69) is 12.2 Å². The largest absolute Gasteiger partial charge is 0.351 e. The molecule has 0 fully saturated rings. The summed E-state index contributed by atoms with van der Waals surface area (Å²) in [7, 11) is 0. The van der Waals surface area contributed by atoms with E-state index >= 15 is 0 Å². The Morgan fingerprint density at radius 1 is 1.78 bits per heavy atom. The number of nitrogens with zero attached hydrogens (tertiary/aromatic N) is 1. The molecule has 0 aromatic rings. The molecule has 5 nitrogen and oxygen atoms in total. The Morgan fingerprint density at radius 3 is 2.22 bits per heavy atom. The normalized spacial score (nSPS) is 8.67. The van der Waals surface area contributed by atoms with Gasteiger partial charge in [-0.3, -0.25) is 0 Å². The van der Waals surface area contributed by atoms with Crippen molar-refractivity contribution < 1.29 is 15.0 Å². The van der Waals surface area contributed by atoms with Crippen LogP contribution in [0.25, 0.3) is 0 Å². The molecule has 9 heavy (non-hydrogen) atoms. The van der Waals surface area contributed by atoms with Gasteiger partial charge in [0, 0.05) is 6.04 Å². The van der Waals surface area contributed by atoms with E-state index in [4.69, 9.17) is 10.2 Å². The number of carbonyl (C=O) groups excluding carboxylic acids is 1. The minimum atomic E-state index is -2.02. The van der Waals surface area contributed by atoms with Gasteiger partial charge in [-0.1, -0.05) is 6.42 Å². The highest BCUT2D eigenvalue weighted by atomic mass is 16.5. The number of amides is 2. The highest BCUT2D eigenvalue weighted by Gasteiger charge is 2.12. The van der Waals surface area contributed by atoms with Crippen molar-refractivity contribution in [3.05, 3.63) is 0 Å². The van der Waals surface area contributed by atoms with Crippen molar-refractivity contribution in [3.63, 3.8) is 0 Å². The number of aliphatic hydroxyl groups excluding tert-OH is 1. The molecular formula is C4H6N2O3. The Kier molecular flexibility index (Phi) is 2.51. The van der Waals surface area contributed by atoms with Gasteiger partial charge in [0.05, 0.1) is 0 Å². The average Bonchev–Trinajstić information content (AvgIpc) is 1.64. The molecular weight excluding hydrogens is 124 g/mol. The summed E-state index contributed by atoms with van der Waals surface area (Å²) in [6.07, 6.45) is 2.61. The van der Waals surface area contributed by atoms with Gasteiger partial charge in [0.2, 0.25) is 0 Å². The summed E-state index contributed by atoms with van der Waals surface area (Å²) in [6.45, 7) is 0. The lowest BCUT2D eigenvalue weighted by Crippen LogP contribution is -2.39. The van der Waals surface area contributed by atoms with Crippen LogP contribution in [0, 0.1) is 12.5 Å². The number of rotatable bonds is 1. The molecule has 0 atom stereocenters. The molecule has 0 aromatic heterocycles. The molecule has 0 unspecified atom stereocenters. The Morgan fingerprint density at radius 2 is 2.22 bits per heavy atom. The first-order chi connectivity index (χ1) is 4.09. The van der Waals surface area contributed by atoms with E-state index in [0.29, 0.717) is 0 Å². The monoisotopic (exact) mass is 130 g/mol. The summed E-state index contributed by atoms with van der Waals surface area (Å²) >= 11 is 0. The molecule has 0 saturated heterocycles. The van der Waals surface area contributed by atoms with Crippen molar-refractivity contribution in [2.75, 3.05) is 0 Å². The molecule has 0 bridgehead atoms. The first-order valence-electron chi connectivity index (χ1n) is 2.00. The molecule has 0 saturated carbocycles. The van der Waals surface area contributed by atoms with Crippen LogP contribution < -0.4 is 5.73 Å². The van der Waals surface area contributed by atoms with E-state index < -0.39 is 12.4 Å². The van der Waals surface area contributed by atoms with E-state index in [9.17, 15) is 4.79 Å². The second-order valence-corrected chi connectivity index (χ2v) is 1.18. The molecule has 4 N–H and O–H groups in total. The van der Waals surface area contributed by atoms with Gasteiger partial charge in [0.15, 0.2) is 0 Å². The maximum absolute atomic E-state index is 10.1. The number of aliphatic hydroxyl groups is 2. The number of urea groups is 1. The summed E-state index contributed by atoms with van der Waals surface area (Å²) in [5, 5.41) is 16.4. The highest BCUT2D eigenvalue weighted by molar-refractivity contribution is 5.73. The van der Waals surface area contributed by atoms with Gasteiger partial charge in [-0.25, -0.2) is 9.69 Å². The molecule has 50 valence electrons. The van der Waals surface area contributed by atoms with Crippen molar-refractivity contribution in [2.24, 2.45) is 5.73 Å². The number of nitrogens with two attached hydrogens (primary N) is 1. The SMILES string of the molecule is C#CN(C(N)=O)C(O)O. The lowest BCUT2D eigenvalue weighted by Gasteiger charge is -2.12. The van der Waals surface area contributed by atoms with Crippen LogP contribution in [-0.2, 0) is 0 Å². The maximum Gasteiger partial charge on any atom is 0.330 e.